The van der Waals surface area contributed by atoms with Crippen LogP contribution in [0.15, 0.2) is 54.5 Å². The molecule has 1 aromatic heterocycles. The number of carbonyl (C=O) groups excluding carboxylic acids is 2. The summed E-state index contributed by atoms with van der Waals surface area (Å²) in [4.78, 5) is 32.0. The molecule has 2 aliphatic rings. The van der Waals surface area contributed by atoms with Gasteiger partial charge in [-0.2, -0.15) is 0 Å². The van der Waals surface area contributed by atoms with E-state index in [9.17, 15) is 9.59 Å². The Kier molecular flexibility index (Phi) is 5.93. The molecule has 2 atom stereocenters. The molecular weight excluding hydrogens is 394 g/mol. The van der Waals surface area contributed by atoms with Gasteiger partial charge >= 0.3 is 5.97 Å². The van der Waals surface area contributed by atoms with Gasteiger partial charge in [0.25, 0.3) is 0 Å². The van der Waals surface area contributed by atoms with Gasteiger partial charge in [0.1, 0.15) is 5.75 Å². The van der Waals surface area contributed by atoms with Crippen molar-refractivity contribution in [3.63, 3.8) is 0 Å². The molecule has 2 aromatic rings. The molecule has 4 rings (SSSR count). The number of ether oxygens (including phenoxy) is 2. The number of amides is 1. The maximum Gasteiger partial charge on any atom is 0.313 e. The molecular formula is C24H27N3O4. The third-order valence-corrected chi connectivity index (χ3v) is 6.01. The molecule has 7 nitrogen and oxygen atoms in total. The number of aromatic nitrogens is 2. The highest BCUT2D eigenvalue weighted by molar-refractivity contribution is 6.00. The smallest absolute Gasteiger partial charge is 0.313 e. The number of rotatable bonds is 6. The summed E-state index contributed by atoms with van der Waals surface area (Å²) in [6.45, 7) is 2.47. The second-order valence-corrected chi connectivity index (χ2v) is 7.87. The van der Waals surface area contributed by atoms with Crippen molar-refractivity contribution in [2.24, 2.45) is 11.8 Å². The van der Waals surface area contributed by atoms with Crippen LogP contribution in [0.2, 0.25) is 0 Å². The van der Waals surface area contributed by atoms with E-state index in [0.29, 0.717) is 18.7 Å². The Labute approximate surface area is 182 Å². The Morgan fingerprint density at radius 1 is 1.29 bits per heavy atom. The van der Waals surface area contributed by atoms with Crippen molar-refractivity contribution in [3.8, 4) is 11.4 Å². The number of benzene rings is 1. The molecule has 1 saturated heterocycles. The van der Waals surface area contributed by atoms with Gasteiger partial charge in [-0.3, -0.25) is 9.59 Å². The molecule has 31 heavy (non-hydrogen) atoms. The topological polar surface area (TPSA) is 73.7 Å². The predicted octanol–water partition coefficient (Wildman–Crippen LogP) is 3.61. The Morgan fingerprint density at radius 2 is 2.13 bits per heavy atom. The van der Waals surface area contributed by atoms with Crippen molar-refractivity contribution in [1.29, 1.82) is 0 Å². The quantitative estimate of drug-likeness (QED) is 0.666. The Hall–Kier alpha value is -3.35. The average molecular weight is 421 g/mol. The van der Waals surface area contributed by atoms with E-state index in [2.05, 4.69) is 11.1 Å². The highest BCUT2D eigenvalue weighted by atomic mass is 16.5. The van der Waals surface area contributed by atoms with Crippen LogP contribution in [0.4, 0.5) is 5.69 Å². The van der Waals surface area contributed by atoms with Crippen molar-refractivity contribution in [2.75, 3.05) is 25.7 Å². The van der Waals surface area contributed by atoms with E-state index in [0.717, 1.165) is 35.5 Å². The number of imidazole rings is 1. The summed E-state index contributed by atoms with van der Waals surface area (Å²) in [5.74, 6) is -0.713. The van der Waals surface area contributed by atoms with Gasteiger partial charge in [0.15, 0.2) is 0 Å². The molecule has 1 aromatic carbocycles. The number of allylic oxidation sites excluding steroid dienone is 3. The molecule has 0 saturated carbocycles. The van der Waals surface area contributed by atoms with Gasteiger partial charge in [-0.1, -0.05) is 23.8 Å². The molecule has 1 aliphatic heterocycles. The van der Waals surface area contributed by atoms with Crippen molar-refractivity contribution >= 4 is 17.6 Å². The summed E-state index contributed by atoms with van der Waals surface area (Å²) in [7, 11) is 2.99. The minimum absolute atomic E-state index is 0.0564. The molecule has 0 radical (unpaired) electrons. The second-order valence-electron chi connectivity index (χ2n) is 7.87. The number of esters is 1. The third-order valence-electron chi connectivity index (χ3n) is 6.01. The SMILES string of the molecule is COC(=O)C(C1=CC=CCC1)C1CCN(c2ccc(-n3cnc(C)c3)c(OC)c2)C1=O. The minimum atomic E-state index is -0.539. The highest BCUT2D eigenvalue weighted by Gasteiger charge is 2.43. The molecule has 0 bridgehead atoms. The average Bonchev–Trinajstić information content (AvgIpc) is 3.40. The maximum absolute atomic E-state index is 13.4. The fourth-order valence-electron chi connectivity index (χ4n) is 4.45. The molecule has 2 unspecified atom stereocenters. The first-order chi connectivity index (χ1) is 15.0. The van der Waals surface area contributed by atoms with Crippen LogP contribution >= 0.6 is 0 Å². The zero-order valence-corrected chi connectivity index (χ0v) is 18.1. The van der Waals surface area contributed by atoms with Gasteiger partial charge in [-0.15, -0.1) is 0 Å². The van der Waals surface area contributed by atoms with Crippen LogP contribution in [0, 0.1) is 18.8 Å². The zero-order valence-electron chi connectivity index (χ0n) is 18.1. The van der Waals surface area contributed by atoms with Crippen LogP contribution in [-0.4, -0.2) is 42.2 Å². The summed E-state index contributed by atoms with van der Waals surface area (Å²) in [6.07, 6.45) is 11.9. The number of aryl methyl sites for hydroxylation is 1. The van der Waals surface area contributed by atoms with Crippen LogP contribution in [0.25, 0.3) is 5.69 Å². The first-order valence-electron chi connectivity index (χ1n) is 10.5. The normalized spacial score (nSPS) is 19.3. The summed E-state index contributed by atoms with van der Waals surface area (Å²) < 4.78 is 12.6. The molecule has 2 heterocycles. The van der Waals surface area contributed by atoms with Crippen molar-refractivity contribution in [3.05, 3.63) is 60.2 Å². The standard InChI is InChI=1S/C24H27N3O4/c1-16-14-26(15-25-16)20-10-9-18(13-21(20)30-2)27-12-11-19(23(27)28)22(24(29)31-3)17-7-5-4-6-8-17/h4-5,7,9-10,13-15,19,22H,6,8,11-12H2,1-3H3. The zero-order chi connectivity index (χ0) is 22.0. The number of methoxy groups -OCH3 is 2. The number of hydrogen-bond donors (Lipinski definition) is 0. The maximum atomic E-state index is 13.4. The van der Waals surface area contributed by atoms with Crippen LogP contribution < -0.4 is 9.64 Å². The van der Waals surface area contributed by atoms with Gasteiger partial charge < -0.3 is 18.9 Å². The van der Waals surface area contributed by atoms with Crippen LogP contribution in [0.5, 0.6) is 5.75 Å². The van der Waals surface area contributed by atoms with E-state index in [1.807, 2.05) is 48.0 Å². The monoisotopic (exact) mass is 421 g/mol. The van der Waals surface area contributed by atoms with E-state index in [1.165, 1.54) is 7.11 Å². The number of carbonyl (C=O) groups is 2. The molecule has 162 valence electrons. The number of hydrogen-bond acceptors (Lipinski definition) is 5. The highest BCUT2D eigenvalue weighted by Crippen LogP contribution is 2.38. The first kappa shape index (κ1) is 20.9. The summed E-state index contributed by atoms with van der Waals surface area (Å²) in [5.41, 5.74) is 3.48. The van der Waals surface area contributed by atoms with Crippen molar-refractivity contribution in [2.45, 2.75) is 26.2 Å². The molecule has 0 N–H and O–H groups in total. The van der Waals surface area contributed by atoms with Gasteiger partial charge in [0, 0.05) is 24.5 Å². The van der Waals surface area contributed by atoms with E-state index in [4.69, 9.17) is 9.47 Å². The molecule has 1 fully saturated rings. The van der Waals surface area contributed by atoms with E-state index in [1.54, 1.807) is 18.3 Å². The van der Waals surface area contributed by atoms with Crippen LogP contribution in [-0.2, 0) is 14.3 Å². The van der Waals surface area contributed by atoms with E-state index < -0.39 is 11.8 Å². The Bertz CT molecular complexity index is 1050. The summed E-state index contributed by atoms with van der Waals surface area (Å²) >= 11 is 0. The Morgan fingerprint density at radius 3 is 2.77 bits per heavy atom. The van der Waals surface area contributed by atoms with Crippen molar-refractivity contribution in [1.82, 2.24) is 9.55 Å². The second kappa shape index (κ2) is 8.79. The summed E-state index contributed by atoms with van der Waals surface area (Å²) in [5, 5.41) is 0. The fraction of sp³-hybridized carbons (Fsp3) is 0.375. The molecule has 0 spiro atoms. The predicted molar refractivity (Wildman–Crippen MR) is 117 cm³/mol. The molecule has 1 amide bonds. The lowest BCUT2D eigenvalue weighted by atomic mass is 9.81. The van der Waals surface area contributed by atoms with Gasteiger partial charge in [0.2, 0.25) is 5.91 Å². The minimum Gasteiger partial charge on any atom is -0.494 e. The first-order valence-corrected chi connectivity index (χ1v) is 10.5. The lowest BCUT2D eigenvalue weighted by Crippen LogP contribution is -2.35. The molecule has 7 heteroatoms. The fourth-order valence-corrected chi connectivity index (χ4v) is 4.45. The third kappa shape index (κ3) is 4.00. The number of anilines is 1. The number of nitrogens with zero attached hydrogens (tertiary/aromatic N) is 3. The Balaban J connectivity index is 1.61. The largest absolute Gasteiger partial charge is 0.494 e. The van der Waals surface area contributed by atoms with Crippen molar-refractivity contribution < 1.29 is 19.1 Å². The van der Waals surface area contributed by atoms with E-state index >= 15 is 0 Å². The van der Waals surface area contributed by atoms with Gasteiger partial charge in [-0.25, -0.2) is 4.98 Å². The van der Waals surface area contributed by atoms with Crippen LogP contribution in [0.3, 0.4) is 0 Å². The summed E-state index contributed by atoms with van der Waals surface area (Å²) in [6, 6.07) is 5.69. The van der Waals surface area contributed by atoms with E-state index in [-0.39, 0.29) is 11.9 Å². The van der Waals surface area contributed by atoms with Gasteiger partial charge in [0.05, 0.1) is 43.8 Å². The lowest BCUT2D eigenvalue weighted by Gasteiger charge is -2.25. The lowest BCUT2D eigenvalue weighted by molar-refractivity contribution is -0.147. The van der Waals surface area contributed by atoms with Gasteiger partial charge in [-0.05, 0) is 38.3 Å². The van der Waals surface area contributed by atoms with Crippen LogP contribution in [0.1, 0.15) is 25.0 Å². The molecule has 1 aliphatic carbocycles.